The summed E-state index contributed by atoms with van der Waals surface area (Å²) in [4.78, 5) is 2.73. The molecule has 1 fully saturated rings. The molecule has 0 amide bonds. The summed E-state index contributed by atoms with van der Waals surface area (Å²) in [5, 5.41) is 3.76. The summed E-state index contributed by atoms with van der Waals surface area (Å²) < 4.78 is 0. The predicted octanol–water partition coefficient (Wildman–Crippen LogP) is 4.45. The van der Waals surface area contributed by atoms with Crippen molar-refractivity contribution in [1.29, 1.82) is 0 Å². The van der Waals surface area contributed by atoms with Gasteiger partial charge in [-0.2, -0.15) is 0 Å². The van der Waals surface area contributed by atoms with Crippen LogP contribution in [0.1, 0.15) is 79.1 Å². The van der Waals surface area contributed by atoms with Crippen LogP contribution < -0.4 is 5.32 Å². The van der Waals surface area contributed by atoms with E-state index in [4.69, 9.17) is 0 Å². The molecule has 0 aromatic carbocycles. The van der Waals surface area contributed by atoms with E-state index in [2.05, 4.69) is 37.9 Å². The smallest absolute Gasteiger partial charge is 0.0107 e. The molecule has 0 radical (unpaired) electrons. The highest BCUT2D eigenvalue weighted by Gasteiger charge is 2.25. The Morgan fingerprint density at radius 2 is 1.80 bits per heavy atom. The van der Waals surface area contributed by atoms with Gasteiger partial charge in [-0.15, -0.1) is 0 Å². The number of nitrogens with one attached hydrogen (secondary N) is 1. The van der Waals surface area contributed by atoms with Gasteiger partial charge in [0.15, 0.2) is 0 Å². The van der Waals surface area contributed by atoms with Crippen LogP contribution in [0, 0.1) is 5.92 Å². The van der Waals surface area contributed by atoms with Crippen molar-refractivity contribution in [3.63, 3.8) is 0 Å². The molecule has 2 atom stereocenters. The minimum absolute atomic E-state index is 0.692. The first-order valence-corrected chi connectivity index (χ1v) is 9.16. The van der Waals surface area contributed by atoms with E-state index >= 15 is 0 Å². The van der Waals surface area contributed by atoms with Crippen LogP contribution in [0.4, 0.5) is 0 Å². The zero-order valence-electron chi connectivity index (χ0n) is 14.5. The molecule has 1 N–H and O–H groups in total. The third-order valence-electron chi connectivity index (χ3n) is 4.87. The molecule has 0 aromatic rings. The van der Waals surface area contributed by atoms with Gasteiger partial charge >= 0.3 is 0 Å². The fourth-order valence-electron chi connectivity index (χ4n) is 3.56. The molecule has 0 saturated heterocycles. The largest absolute Gasteiger partial charge is 0.314 e. The van der Waals surface area contributed by atoms with Gasteiger partial charge in [-0.1, -0.05) is 46.0 Å². The minimum atomic E-state index is 0.692. The molecule has 0 bridgehead atoms. The summed E-state index contributed by atoms with van der Waals surface area (Å²) in [6.07, 6.45) is 11.2. The van der Waals surface area contributed by atoms with Gasteiger partial charge in [-0.05, 0) is 52.1 Å². The lowest BCUT2D eigenvalue weighted by Gasteiger charge is -2.34. The van der Waals surface area contributed by atoms with Gasteiger partial charge < -0.3 is 10.2 Å². The average Bonchev–Trinajstić information content (AvgIpc) is 2.64. The van der Waals surface area contributed by atoms with E-state index in [0.717, 1.165) is 18.5 Å². The van der Waals surface area contributed by atoms with E-state index in [-0.39, 0.29) is 0 Å². The van der Waals surface area contributed by atoms with Crippen LogP contribution in [0.5, 0.6) is 0 Å². The maximum absolute atomic E-state index is 3.76. The Bertz CT molecular complexity index is 227. The molecule has 1 saturated carbocycles. The topological polar surface area (TPSA) is 15.3 Å². The summed E-state index contributed by atoms with van der Waals surface area (Å²) >= 11 is 0. The Kier molecular flexibility index (Phi) is 9.54. The number of hydrogen-bond donors (Lipinski definition) is 1. The SMILES string of the molecule is CCCCCN(CC1CCCCCC1NCC)C(C)C. The zero-order valence-corrected chi connectivity index (χ0v) is 14.5. The molecule has 20 heavy (non-hydrogen) atoms. The van der Waals surface area contributed by atoms with E-state index in [1.54, 1.807) is 0 Å². The molecule has 2 nitrogen and oxygen atoms in total. The van der Waals surface area contributed by atoms with Gasteiger partial charge in [0.1, 0.15) is 0 Å². The van der Waals surface area contributed by atoms with Crippen molar-refractivity contribution in [3.05, 3.63) is 0 Å². The van der Waals surface area contributed by atoms with E-state index in [9.17, 15) is 0 Å². The fraction of sp³-hybridized carbons (Fsp3) is 1.00. The van der Waals surface area contributed by atoms with Gasteiger partial charge in [-0.3, -0.25) is 0 Å². The molecule has 1 aliphatic carbocycles. The van der Waals surface area contributed by atoms with Crippen molar-refractivity contribution in [1.82, 2.24) is 10.2 Å². The summed E-state index contributed by atoms with van der Waals surface area (Å²) in [5.41, 5.74) is 0. The van der Waals surface area contributed by atoms with Crippen molar-refractivity contribution < 1.29 is 0 Å². The van der Waals surface area contributed by atoms with Crippen molar-refractivity contribution in [2.24, 2.45) is 5.92 Å². The number of unbranched alkanes of at least 4 members (excludes halogenated alkanes) is 2. The van der Waals surface area contributed by atoms with Crippen LogP contribution in [0.15, 0.2) is 0 Å². The Labute approximate surface area is 127 Å². The summed E-state index contributed by atoms with van der Waals surface area (Å²) in [7, 11) is 0. The molecule has 2 unspecified atom stereocenters. The van der Waals surface area contributed by atoms with Gasteiger partial charge in [0, 0.05) is 18.6 Å². The van der Waals surface area contributed by atoms with E-state index < -0.39 is 0 Å². The van der Waals surface area contributed by atoms with E-state index in [0.29, 0.717) is 6.04 Å². The van der Waals surface area contributed by atoms with Crippen LogP contribution in [-0.4, -0.2) is 36.6 Å². The molecular formula is C18H38N2. The van der Waals surface area contributed by atoms with Crippen molar-refractivity contribution >= 4 is 0 Å². The molecule has 1 rings (SSSR count). The predicted molar refractivity (Wildman–Crippen MR) is 90.3 cm³/mol. The highest BCUT2D eigenvalue weighted by atomic mass is 15.1. The van der Waals surface area contributed by atoms with Crippen LogP contribution in [-0.2, 0) is 0 Å². The van der Waals surface area contributed by atoms with Crippen molar-refractivity contribution in [2.45, 2.75) is 91.1 Å². The second kappa shape index (κ2) is 10.6. The molecular weight excluding hydrogens is 244 g/mol. The quantitative estimate of drug-likeness (QED) is 0.496. The normalized spacial score (nSPS) is 24.3. The molecule has 0 heterocycles. The monoisotopic (exact) mass is 282 g/mol. The van der Waals surface area contributed by atoms with Gasteiger partial charge in [-0.25, -0.2) is 0 Å². The fourth-order valence-corrected chi connectivity index (χ4v) is 3.56. The van der Waals surface area contributed by atoms with Crippen LogP contribution in [0.3, 0.4) is 0 Å². The van der Waals surface area contributed by atoms with E-state index in [1.807, 2.05) is 0 Å². The van der Waals surface area contributed by atoms with Gasteiger partial charge in [0.2, 0.25) is 0 Å². The second-order valence-corrected chi connectivity index (χ2v) is 6.86. The first-order valence-electron chi connectivity index (χ1n) is 9.16. The van der Waals surface area contributed by atoms with Crippen molar-refractivity contribution in [2.75, 3.05) is 19.6 Å². The molecule has 0 spiro atoms. The standard InChI is InChI=1S/C18H38N2/c1-5-7-11-14-20(16(3)4)15-17-12-9-8-10-13-18(17)19-6-2/h16-19H,5-15H2,1-4H3. The molecule has 0 aliphatic heterocycles. The highest BCUT2D eigenvalue weighted by molar-refractivity contribution is 4.82. The maximum Gasteiger partial charge on any atom is 0.0107 e. The molecule has 0 aromatic heterocycles. The lowest BCUT2D eigenvalue weighted by Crippen LogP contribution is -2.44. The Morgan fingerprint density at radius 1 is 1.05 bits per heavy atom. The highest BCUT2D eigenvalue weighted by Crippen LogP contribution is 2.25. The lowest BCUT2D eigenvalue weighted by molar-refractivity contribution is 0.158. The Morgan fingerprint density at radius 3 is 2.45 bits per heavy atom. The second-order valence-electron chi connectivity index (χ2n) is 6.86. The number of rotatable bonds is 9. The third-order valence-corrected chi connectivity index (χ3v) is 4.87. The Balaban J connectivity index is 2.52. The zero-order chi connectivity index (χ0) is 14.8. The van der Waals surface area contributed by atoms with Crippen molar-refractivity contribution in [3.8, 4) is 0 Å². The first kappa shape index (κ1) is 18.0. The summed E-state index contributed by atoms with van der Waals surface area (Å²) in [6.45, 7) is 13.0. The summed E-state index contributed by atoms with van der Waals surface area (Å²) in [6, 6.07) is 1.45. The molecule has 2 heteroatoms. The van der Waals surface area contributed by atoms with E-state index in [1.165, 1.54) is 64.5 Å². The van der Waals surface area contributed by atoms with Crippen LogP contribution in [0.2, 0.25) is 0 Å². The van der Waals surface area contributed by atoms with Crippen LogP contribution in [0.25, 0.3) is 0 Å². The Hall–Kier alpha value is -0.0800. The number of nitrogens with zero attached hydrogens (tertiary/aromatic N) is 1. The third kappa shape index (κ3) is 6.58. The minimum Gasteiger partial charge on any atom is -0.314 e. The average molecular weight is 283 g/mol. The number of hydrogen-bond acceptors (Lipinski definition) is 2. The van der Waals surface area contributed by atoms with Crippen LogP contribution >= 0.6 is 0 Å². The van der Waals surface area contributed by atoms with Gasteiger partial charge in [0.25, 0.3) is 0 Å². The molecule has 120 valence electrons. The van der Waals surface area contributed by atoms with Gasteiger partial charge in [0.05, 0.1) is 0 Å². The maximum atomic E-state index is 3.76. The molecule has 1 aliphatic rings. The summed E-state index contributed by atoms with van der Waals surface area (Å²) in [5.74, 6) is 0.862. The first-order chi connectivity index (χ1) is 9.69. The lowest BCUT2D eigenvalue weighted by atomic mass is 9.93.